The van der Waals surface area contributed by atoms with Crippen LogP contribution in [0, 0.1) is 0 Å². The Labute approximate surface area is 101 Å². The molecule has 96 valence electrons. The maximum atomic E-state index is 12.1. The second kappa shape index (κ2) is 5.37. The normalized spacial score (nSPS) is 13.2. The van der Waals surface area contributed by atoms with Crippen LogP contribution in [0.2, 0.25) is 0 Å². The largest absolute Gasteiger partial charge is 0.493 e. The number of rotatable bonds is 5. The van der Waals surface area contributed by atoms with Crippen LogP contribution in [-0.2, 0) is 9.84 Å². The molecule has 5 nitrogen and oxygen atoms in total. The fourth-order valence-electron chi connectivity index (χ4n) is 1.35. The van der Waals surface area contributed by atoms with Crippen molar-refractivity contribution in [2.45, 2.75) is 17.1 Å². The van der Waals surface area contributed by atoms with Crippen LogP contribution in [0.25, 0.3) is 0 Å². The predicted octanol–water partition coefficient (Wildman–Crippen LogP) is 0.825. The van der Waals surface area contributed by atoms with Gasteiger partial charge < -0.3 is 15.2 Å². The third kappa shape index (κ3) is 2.70. The summed E-state index contributed by atoms with van der Waals surface area (Å²) in [5, 5.41) is -0.624. The number of sulfone groups is 1. The zero-order valence-corrected chi connectivity index (χ0v) is 11.0. The fourth-order valence-corrected chi connectivity index (χ4v) is 2.60. The molecule has 0 bridgehead atoms. The number of nitrogens with two attached hydrogens (primary N) is 1. The molecule has 0 saturated heterocycles. The minimum absolute atomic E-state index is 0.0800. The number of hydrogen-bond donors (Lipinski definition) is 1. The van der Waals surface area contributed by atoms with Crippen LogP contribution >= 0.6 is 0 Å². The average Bonchev–Trinajstić information content (AvgIpc) is 2.36. The minimum atomic E-state index is -3.41. The molecule has 1 atom stereocenters. The number of hydrogen-bond acceptors (Lipinski definition) is 5. The summed E-state index contributed by atoms with van der Waals surface area (Å²) in [6, 6.07) is 4.50. The second-order valence-corrected chi connectivity index (χ2v) is 5.97. The topological polar surface area (TPSA) is 78.6 Å². The Morgan fingerprint density at radius 2 is 1.82 bits per heavy atom. The SMILES string of the molecule is COc1ccc(S(=O)(=O)C(C)CN)cc1OC. The van der Waals surface area contributed by atoms with Gasteiger partial charge in [-0.15, -0.1) is 0 Å². The monoisotopic (exact) mass is 259 g/mol. The zero-order chi connectivity index (χ0) is 13.1. The van der Waals surface area contributed by atoms with Crippen molar-refractivity contribution in [3.63, 3.8) is 0 Å². The van der Waals surface area contributed by atoms with Crippen LogP contribution in [0.1, 0.15) is 6.92 Å². The van der Waals surface area contributed by atoms with Crippen LogP contribution in [0.15, 0.2) is 23.1 Å². The zero-order valence-electron chi connectivity index (χ0n) is 10.1. The number of benzene rings is 1. The fraction of sp³-hybridized carbons (Fsp3) is 0.455. The molecule has 0 aliphatic rings. The van der Waals surface area contributed by atoms with Crippen LogP contribution in [0.5, 0.6) is 11.5 Å². The molecule has 0 amide bonds. The average molecular weight is 259 g/mol. The first-order valence-electron chi connectivity index (χ1n) is 5.13. The highest BCUT2D eigenvalue weighted by Crippen LogP contribution is 2.30. The van der Waals surface area contributed by atoms with Crippen molar-refractivity contribution in [2.24, 2.45) is 5.73 Å². The first kappa shape index (κ1) is 13.8. The van der Waals surface area contributed by atoms with E-state index >= 15 is 0 Å². The van der Waals surface area contributed by atoms with E-state index in [1.54, 1.807) is 13.0 Å². The lowest BCUT2D eigenvalue weighted by molar-refractivity contribution is 0.354. The molecular weight excluding hydrogens is 242 g/mol. The molecule has 0 radical (unpaired) electrons. The first-order valence-corrected chi connectivity index (χ1v) is 6.68. The molecule has 0 saturated carbocycles. The van der Waals surface area contributed by atoms with E-state index in [4.69, 9.17) is 15.2 Å². The van der Waals surface area contributed by atoms with Gasteiger partial charge in [0.2, 0.25) is 0 Å². The number of methoxy groups -OCH3 is 2. The second-order valence-electron chi connectivity index (χ2n) is 3.61. The maximum absolute atomic E-state index is 12.1. The van der Waals surface area contributed by atoms with Crippen molar-refractivity contribution in [1.29, 1.82) is 0 Å². The molecular formula is C11H17NO4S. The predicted molar refractivity (Wildman–Crippen MR) is 65.2 cm³/mol. The molecule has 1 unspecified atom stereocenters. The molecule has 0 aliphatic carbocycles. The molecule has 6 heteroatoms. The summed E-state index contributed by atoms with van der Waals surface area (Å²) in [4.78, 5) is 0.188. The van der Waals surface area contributed by atoms with Crippen LogP contribution in [0.4, 0.5) is 0 Å². The van der Waals surface area contributed by atoms with Gasteiger partial charge in [0.05, 0.1) is 24.4 Å². The minimum Gasteiger partial charge on any atom is -0.493 e. The van der Waals surface area contributed by atoms with Crippen molar-refractivity contribution in [3.8, 4) is 11.5 Å². The molecule has 17 heavy (non-hydrogen) atoms. The maximum Gasteiger partial charge on any atom is 0.182 e. The van der Waals surface area contributed by atoms with Crippen LogP contribution in [0.3, 0.4) is 0 Å². The van der Waals surface area contributed by atoms with Gasteiger partial charge in [-0.3, -0.25) is 0 Å². The van der Waals surface area contributed by atoms with Gasteiger partial charge in [0.25, 0.3) is 0 Å². The quantitative estimate of drug-likeness (QED) is 0.847. The van der Waals surface area contributed by atoms with Gasteiger partial charge in [-0.1, -0.05) is 0 Å². The van der Waals surface area contributed by atoms with Crippen molar-refractivity contribution >= 4 is 9.84 Å². The Bertz CT molecular complexity index is 484. The highest BCUT2D eigenvalue weighted by molar-refractivity contribution is 7.92. The van der Waals surface area contributed by atoms with E-state index in [1.165, 1.54) is 26.4 Å². The Kier molecular flexibility index (Phi) is 4.36. The van der Waals surface area contributed by atoms with Crippen molar-refractivity contribution in [3.05, 3.63) is 18.2 Å². The lowest BCUT2D eigenvalue weighted by atomic mass is 10.3. The molecule has 0 spiro atoms. The van der Waals surface area contributed by atoms with E-state index in [0.29, 0.717) is 11.5 Å². The standard InChI is InChI=1S/C11H17NO4S/c1-8(7-12)17(13,14)9-4-5-10(15-2)11(6-9)16-3/h4-6,8H,7,12H2,1-3H3. The van der Waals surface area contributed by atoms with Crippen LogP contribution < -0.4 is 15.2 Å². The molecule has 0 aromatic heterocycles. The Morgan fingerprint density at radius 1 is 1.24 bits per heavy atom. The van der Waals surface area contributed by atoms with E-state index in [1.807, 2.05) is 0 Å². The molecule has 0 aliphatic heterocycles. The third-order valence-electron chi connectivity index (χ3n) is 2.55. The summed E-state index contributed by atoms with van der Waals surface area (Å²) >= 11 is 0. The third-order valence-corrected chi connectivity index (χ3v) is 4.71. The Morgan fingerprint density at radius 3 is 2.29 bits per heavy atom. The molecule has 0 fully saturated rings. The van der Waals surface area contributed by atoms with Crippen molar-refractivity contribution < 1.29 is 17.9 Å². The summed E-state index contributed by atoms with van der Waals surface area (Å²) in [6.45, 7) is 1.66. The van der Waals surface area contributed by atoms with Gasteiger partial charge >= 0.3 is 0 Å². The molecule has 2 N–H and O–H groups in total. The highest BCUT2D eigenvalue weighted by atomic mass is 32.2. The van der Waals surface area contributed by atoms with Crippen molar-refractivity contribution in [1.82, 2.24) is 0 Å². The van der Waals surface area contributed by atoms with Gasteiger partial charge in [-0.25, -0.2) is 8.42 Å². The van der Waals surface area contributed by atoms with E-state index < -0.39 is 15.1 Å². The van der Waals surface area contributed by atoms with Gasteiger partial charge in [-0.2, -0.15) is 0 Å². The lowest BCUT2D eigenvalue weighted by Crippen LogP contribution is -2.26. The summed E-state index contributed by atoms with van der Waals surface area (Å²) in [5.74, 6) is 0.879. The smallest absolute Gasteiger partial charge is 0.182 e. The van der Waals surface area contributed by atoms with E-state index in [-0.39, 0.29) is 11.4 Å². The molecule has 1 aromatic rings. The Balaban J connectivity index is 3.25. The first-order chi connectivity index (χ1) is 7.97. The van der Waals surface area contributed by atoms with E-state index in [0.717, 1.165) is 0 Å². The summed E-state index contributed by atoms with van der Waals surface area (Å²) in [7, 11) is -0.454. The molecule has 1 aromatic carbocycles. The van der Waals surface area contributed by atoms with Crippen molar-refractivity contribution in [2.75, 3.05) is 20.8 Å². The van der Waals surface area contributed by atoms with Gasteiger partial charge in [-0.05, 0) is 19.1 Å². The van der Waals surface area contributed by atoms with Crippen LogP contribution in [-0.4, -0.2) is 34.4 Å². The summed E-state index contributed by atoms with van der Waals surface area (Å²) in [5.41, 5.74) is 5.39. The molecule has 0 heterocycles. The summed E-state index contributed by atoms with van der Waals surface area (Å²) in [6.07, 6.45) is 0. The van der Waals surface area contributed by atoms with Gasteiger partial charge in [0.1, 0.15) is 0 Å². The highest BCUT2D eigenvalue weighted by Gasteiger charge is 2.23. The van der Waals surface area contributed by atoms with E-state index in [2.05, 4.69) is 0 Å². The van der Waals surface area contributed by atoms with Gasteiger partial charge in [0, 0.05) is 12.6 Å². The molecule has 1 rings (SSSR count). The summed E-state index contributed by atoms with van der Waals surface area (Å²) < 4.78 is 34.2. The number of ether oxygens (including phenoxy) is 2. The lowest BCUT2D eigenvalue weighted by Gasteiger charge is -2.13. The Hall–Kier alpha value is -1.27. The van der Waals surface area contributed by atoms with Gasteiger partial charge in [0.15, 0.2) is 21.3 Å². The van der Waals surface area contributed by atoms with E-state index in [9.17, 15) is 8.42 Å².